The molecule has 1 heterocycles. The summed E-state index contributed by atoms with van der Waals surface area (Å²) in [5, 5.41) is 4.49. The van der Waals surface area contributed by atoms with Crippen LogP contribution in [0.2, 0.25) is 5.02 Å². The topological polar surface area (TPSA) is 34.9 Å². The molecule has 0 atom stereocenters. The molecule has 0 aliphatic heterocycles. The van der Waals surface area contributed by atoms with Crippen molar-refractivity contribution in [2.75, 3.05) is 0 Å². The van der Waals surface area contributed by atoms with E-state index in [0.717, 1.165) is 16.8 Å². The maximum absolute atomic E-state index is 13.2. The van der Waals surface area contributed by atoms with E-state index >= 15 is 0 Å². The molecule has 124 valence electrons. The third-order valence-electron chi connectivity index (χ3n) is 3.55. The van der Waals surface area contributed by atoms with Gasteiger partial charge in [0.2, 0.25) is 0 Å². The molecule has 0 saturated carbocycles. The number of aryl methyl sites for hydroxylation is 1. The summed E-state index contributed by atoms with van der Waals surface area (Å²) in [6.07, 6.45) is -4.70. The smallest absolute Gasteiger partial charge is 0.267 e. The number of halogens is 5. The van der Waals surface area contributed by atoms with Gasteiger partial charge in [0.25, 0.3) is 5.91 Å². The molecule has 3 rings (SSSR count). The second kappa shape index (κ2) is 5.89. The van der Waals surface area contributed by atoms with Crippen molar-refractivity contribution in [3.8, 4) is 0 Å². The van der Waals surface area contributed by atoms with E-state index < -0.39 is 23.2 Å². The summed E-state index contributed by atoms with van der Waals surface area (Å²) in [5.74, 6) is -0.927. The van der Waals surface area contributed by atoms with Crippen molar-refractivity contribution in [2.45, 2.75) is 13.1 Å². The predicted molar refractivity (Wildman–Crippen MR) is 88.4 cm³/mol. The first kappa shape index (κ1) is 17.0. The molecule has 0 bridgehead atoms. The van der Waals surface area contributed by atoms with Crippen LogP contribution in [0.4, 0.5) is 13.2 Å². The van der Waals surface area contributed by atoms with Gasteiger partial charge in [0.05, 0.1) is 27.4 Å². The average molecular weight is 418 g/mol. The number of hydrogen-bond acceptors (Lipinski definition) is 2. The highest BCUT2D eigenvalue weighted by molar-refractivity contribution is 9.10. The fourth-order valence-corrected chi connectivity index (χ4v) is 3.09. The van der Waals surface area contributed by atoms with E-state index in [2.05, 4.69) is 21.0 Å². The largest absolute Gasteiger partial charge is 0.417 e. The van der Waals surface area contributed by atoms with E-state index in [-0.39, 0.29) is 5.02 Å². The molecule has 1 aromatic heterocycles. The number of benzene rings is 2. The van der Waals surface area contributed by atoms with E-state index in [9.17, 15) is 18.0 Å². The Morgan fingerprint density at radius 1 is 1.25 bits per heavy atom. The van der Waals surface area contributed by atoms with Gasteiger partial charge >= 0.3 is 6.18 Å². The van der Waals surface area contributed by atoms with Crippen molar-refractivity contribution in [1.82, 2.24) is 9.78 Å². The van der Waals surface area contributed by atoms with Crippen LogP contribution in [0.25, 0.3) is 10.9 Å². The molecule has 2 aromatic carbocycles. The van der Waals surface area contributed by atoms with E-state index in [4.69, 9.17) is 11.6 Å². The van der Waals surface area contributed by atoms with Crippen LogP contribution in [0.3, 0.4) is 0 Å². The first-order valence-corrected chi connectivity index (χ1v) is 7.92. The molecular weight excluding hydrogens is 409 g/mol. The maximum Gasteiger partial charge on any atom is 0.417 e. The van der Waals surface area contributed by atoms with Crippen LogP contribution in [0, 0.1) is 6.92 Å². The summed E-state index contributed by atoms with van der Waals surface area (Å²) in [4.78, 5) is 12.8. The van der Waals surface area contributed by atoms with Crippen LogP contribution in [0.15, 0.2) is 40.9 Å². The maximum atomic E-state index is 13.2. The highest BCUT2D eigenvalue weighted by Gasteiger charge is 2.37. The summed E-state index contributed by atoms with van der Waals surface area (Å²) in [6.45, 7) is 1.68. The number of nitrogens with zero attached hydrogens (tertiary/aromatic N) is 2. The van der Waals surface area contributed by atoms with Gasteiger partial charge in [-0.05, 0) is 37.3 Å². The summed E-state index contributed by atoms with van der Waals surface area (Å²) in [6, 6.07) is 8.36. The number of carbonyl (C=O) groups excluding carboxylic acids is 1. The monoisotopic (exact) mass is 416 g/mol. The summed E-state index contributed by atoms with van der Waals surface area (Å²) >= 11 is 9.18. The lowest BCUT2D eigenvalue weighted by Gasteiger charge is -2.13. The van der Waals surface area contributed by atoms with Crippen LogP contribution in [-0.4, -0.2) is 15.7 Å². The first-order chi connectivity index (χ1) is 11.2. The fourth-order valence-electron chi connectivity index (χ4n) is 2.48. The number of fused-ring (bicyclic) bond motifs is 1. The lowest BCUT2D eigenvalue weighted by Crippen LogP contribution is -2.20. The van der Waals surface area contributed by atoms with Crippen molar-refractivity contribution in [3.63, 3.8) is 0 Å². The molecule has 0 N–H and O–H groups in total. The van der Waals surface area contributed by atoms with Gasteiger partial charge in [-0.1, -0.05) is 33.6 Å². The third kappa shape index (κ3) is 2.82. The van der Waals surface area contributed by atoms with Crippen molar-refractivity contribution >= 4 is 44.3 Å². The molecule has 3 aromatic rings. The van der Waals surface area contributed by atoms with Crippen molar-refractivity contribution in [2.24, 2.45) is 0 Å². The van der Waals surface area contributed by atoms with Gasteiger partial charge in [-0.3, -0.25) is 4.79 Å². The van der Waals surface area contributed by atoms with E-state index in [1.807, 2.05) is 0 Å². The SMILES string of the molecule is Cc1nn(C(=O)c2c(Cl)cccc2C(F)(F)F)c2cc(Br)ccc12. The van der Waals surface area contributed by atoms with Crippen LogP contribution < -0.4 is 0 Å². The Balaban J connectivity index is 2.27. The lowest BCUT2D eigenvalue weighted by atomic mass is 10.1. The highest BCUT2D eigenvalue weighted by atomic mass is 79.9. The van der Waals surface area contributed by atoms with Crippen LogP contribution in [0.5, 0.6) is 0 Å². The van der Waals surface area contributed by atoms with Gasteiger partial charge in [-0.25, -0.2) is 0 Å². The van der Waals surface area contributed by atoms with Crippen molar-refractivity contribution < 1.29 is 18.0 Å². The Labute approximate surface area is 148 Å². The Morgan fingerprint density at radius 2 is 1.96 bits per heavy atom. The van der Waals surface area contributed by atoms with Gasteiger partial charge in [-0.2, -0.15) is 23.0 Å². The number of alkyl halides is 3. The first-order valence-electron chi connectivity index (χ1n) is 6.75. The molecular formula is C16H9BrClF3N2O. The zero-order valence-corrected chi connectivity index (χ0v) is 14.5. The quantitative estimate of drug-likeness (QED) is 0.526. The van der Waals surface area contributed by atoms with Crippen LogP contribution in [-0.2, 0) is 6.18 Å². The van der Waals surface area contributed by atoms with Crippen LogP contribution in [0.1, 0.15) is 21.6 Å². The molecule has 0 spiro atoms. The summed E-state index contributed by atoms with van der Waals surface area (Å²) < 4.78 is 41.3. The number of rotatable bonds is 1. The summed E-state index contributed by atoms with van der Waals surface area (Å²) in [5.41, 5.74) is -0.765. The number of carbonyl (C=O) groups is 1. The molecule has 0 amide bonds. The molecule has 0 fully saturated rings. The highest BCUT2D eigenvalue weighted by Crippen LogP contribution is 2.36. The second-order valence-corrected chi connectivity index (χ2v) is 6.45. The van der Waals surface area contributed by atoms with E-state index in [1.54, 1.807) is 25.1 Å². The normalized spacial score (nSPS) is 11.9. The molecule has 0 aliphatic carbocycles. The molecule has 3 nitrogen and oxygen atoms in total. The Bertz CT molecular complexity index is 966. The van der Waals surface area contributed by atoms with E-state index in [0.29, 0.717) is 21.1 Å². The van der Waals surface area contributed by atoms with Gasteiger partial charge in [0, 0.05) is 9.86 Å². The number of hydrogen-bond donors (Lipinski definition) is 0. The Morgan fingerprint density at radius 3 is 2.62 bits per heavy atom. The number of aromatic nitrogens is 2. The fraction of sp³-hybridized carbons (Fsp3) is 0.125. The van der Waals surface area contributed by atoms with Gasteiger partial charge in [-0.15, -0.1) is 0 Å². The predicted octanol–water partition coefficient (Wildman–Crippen LogP) is 5.47. The third-order valence-corrected chi connectivity index (χ3v) is 4.36. The molecule has 0 aliphatic rings. The van der Waals surface area contributed by atoms with E-state index in [1.165, 1.54) is 6.07 Å². The molecule has 0 saturated heterocycles. The molecule has 0 radical (unpaired) electrons. The standard InChI is InChI=1S/C16H9BrClF3N2O/c1-8-10-6-5-9(17)7-13(10)23(22-8)15(24)14-11(16(19,20)21)3-2-4-12(14)18/h2-7H,1H3. The average Bonchev–Trinajstić information content (AvgIpc) is 2.82. The second-order valence-electron chi connectivity index (χ2n) is 5.12. The minimum Gasteiger partial charge on any atom is -0.267 e. The van der Waals surface area contributed by atoms with Crippen molar-refractivity contribution in [3.05, 3.63) is 62.7 Å². The van der Waals surface area contributed by atoms with Crippen LogP contribution >= 0.6 is 27.5 Å². The molecule has 0 unspecified atom stereocenters. The zero-order valence-electron chi connectivity index (χ0n) is 12.2. The van der Waals surface area contributed by atoms with Gasteiger partial charge in [0.1, 0.15) is 0 Å². The Kier molecular flexibility index (Phi) is 4.17. The molecule has 24 heavy (non-hydrogen) atoms. The molecule has 8 heteroatoms. The zero-order chi connectivity index (χ0) is 17.6. The van der Waals surface area contributed by atoms with Crippen molar-refractivity contribution in [1.29, 1.82) is 0 Å². The minimum atomic E-state index is -4.70. The van der Waals surface area contributed by atoms with Gasteiger partial charge in [0.15, 0.2) is 0 Å². The lowest BCUT2D eigenvalue weighted by molar-refractivity contribution is -0.137. The minimum absolute atomic E-state index is 0.272. The summed E-state index contributed by atoms with van der Waals surface area (Å²) in [7, 11) is 0. The van der Waals surface area contributed by atoms with Gasteiger partial charge < -0.3 is 0 Å². The Hall–Kier alpha value is -1.86.